The van der Waals surface area contributed by atoms with E-state index < -0.39 is 0 Å². The van der Waals surface area contributed by atoms with E-state index in [0.29, 0.717) is 5.95 Å². The molecular weight excluding hydrogens is 290 g/mol. The van der Waals surface area contributed by atoms with E-state index in [1.165, 1.54) is 0 Å². The zero-order valence-electron chi connectivity index (χ0n) is 12.9. The van der Waals surface area contributed by atoms with Crippen molar-refractivity contribution in [3.63, 3.8) is 0 Å². The van der Waals surface area contributed by atoms with Gasteiger partial charge in [-0.05, 0) is 29.7 Å². The molecule has 5 nitrogen and oxygen atoms in total. The predicted octanol–water partition coefficient (Wildman–Crippen LogP) is 3.07. The zero-order valence-corrected chi connectivity index (χ0v) is 12.9. The fourth-order valence-electron chi connectivity index (χ4n) is 2.35. The van der Waals surface area contributed by atoms with Crippen LogP contribution in [0, 0.1) is 0 Å². The topological polar surface area (TPSA) is 67.3 Å². The first-order valence-corrected chi connectivity index (χ1v) is 7.49. The minimum Gasteiger partial charge on any atom is -0.392 e. The summed E-state index contributed by atoms with van der Waals surface area (Å²) < 4.78 is 5.29. The highest BCUT2D eigenvalue weighted by molar-refractivity contribution is 5.74. The SMILES string of the molecule is COC1C=CC(c2cnc(Nc3ccc(CO)cc3)nc2)=CC1. The summed E-state index contributed by atoms with van der Waals surface area (Å²) in [6.07, 6.45) is 10.8. The van der Waals surface area contributed by atoms with Crippen LogP contribution in [0.5, 0.6) is 0 Å². The highest BCUT2D eigenvalue weighted by Crippen LogP contribution is 2.22. The number of anilines is 2. The van der Waals surface area contributed by atoms with E-state index in [9.17, 15) is 0 Å². The molecule has 23 heavy (non-hydrogen) atoms. The highest BCUT2D eigenvalue weighted by atomic mass is 16.5. The Morgan fingerprint density at radius 3 is 2.52 bits per heavy atom. The molecule has 0 saturated carbocycles. The fraction of sp³-hybridized carbons (Fsp3) is 0.222. The third-order valence-electron chi connectivity index (χ3n) is 3.74. The van der Waals surface area contributed by atoms with Crippen LogP contribution in [0.3, 0.4) is 0 Å². The summed E-state index contributed by atoms with van der Waals surface area (Å²) in [5.41, 5.74) is 3.85. The third kappa shape index (κ3) is 3.83. The summed E-state index contributed by atoms with van der Waals surface area (Å²) in [5.74, 6) is 0.542. The van der Waals surface area contributed by atoms with Crippen LogP contribution in [0.4, 0.5) is 11.6 Å². The Hall–Kier alpha value is -2.50. The van der Waals surface area contributed by atoms with E-state index in [1.807, 2.05) is 36.4 Å². The van der Waals surface area contributed by atoms with Gasteiger partial charge in [0.1, 0.15) is 0 Å². The lowest BCUT2D eigenvalue weighted by molar-refractivity contribution is 0.143. The fourth-order valence-corrected chi connectivity index (χ4v) is 2.35. The number of rotatable bonds is 5. The zero-order chi connectivity index (χ0) is 16.1. The number of aliphatic hydroxyl groups is 1. The van der Waals surface area contributed by atoms with E-state index in [2.05, 4.69) is 21.4 Å². The number of benzene rings is 1. The molecule has 0 saturated heterocycles. The Morgan fingerprint density at radius 1 is 1.22 bits per heavy atom. The van der Waals surface area contributed by atoms with Gasteiger partial charge in [0.25, 0.3) is 0 Å². The molecule has 0 radical (unpaired) electrons. The van der Waals surface area contributed by atoms with E-state index in [1.54, 1.807) is 19.5 Å². The molecule has 0 aliphatic heterocycles. The Labute approximate surface area is 135 Å². The van der Waals surface area contributed by atoms with Gasteiger partial charge in [0.15, 0.2) is 0 Å². The van der Waals surface area contributed by atoms with Gasteiger partial charge in [0.2, 0.25) is 5.95 Å². The molecule has 1 atom stereocenters. The molecule has 1 aliphatic rings. The van der Waals surface area contributed by atoms with Crippen molar-refractivity contribution in [2.45, 2.75) is 19.1 Å². The van der Waals surface area contributed by atoms with Crippen LogP contribution >= 0.6 is 0 Å². The second kappa shape index (κ2) is 7.17. The van der Waals surface area contributed by atoms with Gasteiger partial charge in [0.05, 0.1) is 12.7 Å². The smallest absolute Gasteiger partial charge is 0.227 e. The number of methoxy groups -OCH3 is 1. The molecule has 0 fully saturated rings. The summed E-state index contributed by atoms with van der Waals surface area (Å²) in [6, 6.07) is 7.50. The average Bonchev–Trinajstić information content (AvgIpc) is 2.63. The monoisotopic (exact) mass is 309 g/mol. The predicted molar refractivity (Wildman–Crippen MR) is 90.2 cm³/mol. The van der Waals surface area contributed by atoms with E-state index in [0.717, 1.165) is 28.8 Å². The van der Waals surface area contributed by atoms with Crippen molar-refractivity contribution < 1.29 is 9.84 Å². The highest BCUT2D eigenvalue weighted by Gasteiger charge is 2.09. The van der Waals surface area contributed by atoms with Gasteiger partial charge >= 0.3 is 0 Å². The minimum atomic E-state index is 0.0397. The molecule has 0 spiro atoms. The molecule has 0 bridgehead atoms. The molecule has 3 rings (SSSR count). The average molecular weight is 309 g/mol. The maximum Gasteiger partial charge on any atom is 0.227 e. The Morgan fingerprint density at radius 2 is 1.96 bits per heavy atom. The number of aliphatic hydroxyl groups excluding tert-OH is 1. The number of aromatic nitrogens is 2. The van der Waals surface area contributed by atoms with Crippen LogP contribution in [-0.4, -0.2) is 28.3 Å². The van der Waals surface area contributed by atoms with Crippen LogP contribution in [0.2, 0.25) is 0 Å². The summed E-state index contributed by atoms with van der Waals surface area (Å²) in [6.45, 7) is 0.0397. The van der Waals surface area contributed by atoms with Crippen LogP contribution in [0.15, 0.2) is 54.9 Å². The summed E-state index contributed by atoms with van der Waals surface area (Å²) >= 11 is 0. The molecule has 118 valence electrons. The second-order valence-electron chi connectivity index (χ2n) is 5.30. The molecule has 1 aromatic carbocycles. The van der Waals surface area contributed by atoms with Crippen molar-refractivity contribution in [2.75, 3.05) is 12.4 Å². The van der Waals surface area contributed by atoms with E-state index >= 15 is 0 Å². The lowest BCUT2D eigenvalue weighted by atomic mass is 10.0. The van der Waals surface area contributed by atoms with Gasteiger partial charge in [0, 0.05) is 30.8 Å². The van der Waals surface area contributed by atoms with Gasteiger partial charge in [-0.15, -0.1) is 0 Å². The van der Waals surface area contributed by atoms with Crippen LogP contribution < -0.4 is 5.32 Å². The molecule has 1 aliphatic carbocycles. The van der Waals surface area contributed by atoms with Crippen LogP contribution in [-0.2, 0) is 11.3 Å². The van der Waals surface area contributed by atoms with Crippen LogP contribution in [0.25, 0.3) is 5.57 Å². The van der Waals surface area contributed by atoms with Crippen molar-refractivity contribution in [3.8, 4) is 0 Å². The molecule has 5 heteroatoms. The largest absolute Gasteiger partial charge is 0.392 e. The summed E-state index contributed by atoms with van der Waals surface area (Å²) in [4.78, 5) is 8.71. The molecular formula is C18H19N3O2. The molecule has 1 heterocycles. The number of hydrogen-bond acceptors (Lipinski definition) is 5. The standard InChI is InChI=1S/C18H19N3O2/c1-23-17-8-4-14(5-9-17)15-10-19-18(20-11-15)21-16-6-2-13(12-22)3-7-16/h2-8,10-11,17,22H,9,12H2,1H3,(H,19,20,21). The van der Waals surface area contributed by atoms with Crippen LogP contribution in [0.1, 0.15) is 17.5 Å². The Balaban J connectivity index is 1.67. The number of ether oxygens (including phenoxy) is 1. The maximum atomic E-state index is 9.04. The summed E-state index contributed by atoms with van der Waals surface area (Å²) in [5, 5.41) is 12.2. The number of allylic oxidation sites excluding steroid dienone is 2. The van der Waals surface area contributed by atoms with Gasteiger partial charge < -0.3 is 15.2 Å². The van der Waals surface area contributed by atoms with Gasteiger partial charge in [-0.25, -0.2) is 9.97 Å². The number of hydrogen-bond donors (Lipinski definition) is 2. The number of nitrogens with one attached hydrogen (secondary N) is 1. The first-order chi connectivity index (χ1) is 11.3. The van der Waals surface area contributed by atoms with Crippen molar-refractivity contribution in [1.29, 1.82) is 0 Å². The molecule has 0 amide bonds. The summed E-state index contributed by atoms with van der Waals surface area (Å²) in [7, 11) is 1.71. The lowest BCUT2D eigenvalue weighted by Gasteiger charge is -2.14. The molecule has 2 aromatic rings. The molecule has 1 aromatic heterocycles. The first kappa shape index (κ1) is 15.4. The van der Waals surface area contributed by atoms with Gasteiger partial charge in [-0.3, -0.25) is 0 Å². The Bertz CT molecular complexity index is 706. The second-order valence-corrected chi connectivity index (χ2v) is 5.30. The van der Waals surface area contributed by atoms with Crippen molar-refractivity contribution in [1.82, 2.24) is 9.97 Å². The van der Waals surface area contributed by atoms with Crippen molar-refractivity contribution in [2.24, 2.45) is 0 Å². The first-order valence-electron chi connectivity index (χ1n) is 7.49. The molecule has 2 N–H and O–H groups in total. The maximum absolute atomic E-state index is 9.04. The third-order valence-corrected chi connectivity index (χ3v) is 3.74. The lowest BCUT2D eigenvalue weighted by Crippen LogP contribution is -2.08. The van der Waals surface area contributed by atoms with E-state index in [4.69, 9.17) is 9.84 Å². The van der Waals surface area contributed by atoms with Crippen molar-refractivity contribution in [3.05, 3.63) is 66.0 Å². The minimum absolute atomic E-state index is 0.0397. The van der Waals surface area contributed by atoms with Gasteiger partial charge in [-0.2, -0.15) is 0 Å². The normalized spacial score (nSPS) is 17.0. The van der Waals surface area contributed by atoms with E-state index in [-0.39, 0.29) is 12.7 Å². The van der Waals surface area contributed by atoms with Crippen molar-refractivity contribution >= 4 is 17.2 Å². The molecule has 1 unspecified atom stereocenters. The Kier molecular flexibility index (Phi) is 4.80. The quantitative estimate of drug-likeness (QED) is 0.888. The van der Waals surface area contributed by atoms with Gasteiger partial charge in [-0.1, -0.05) is 30.4 Å². The number of nitrogens with zero attached hydrogens (tertiary/aromatic N) is 2.